The number of hydrogen-bond acceptors (Lipinski definition) is 7. The van der Waals surface area contributed by atoms with E-state index in [1.165, 1.54) is 6.08 Å². The Kier molecular flexibility index (Phi) is 7.24. The van der Waals surface area contributed by atoms with Gasteiger partial charge in [-0.05, 0) is 85.7 Å². The fourth-order valence-electron chi connectivity index (χ4n) is 6.75. The molecule has 3 fully saturated rings. The summed E-state index contributed by atoms with van der Waals surface area (Å²) in [6.07, 6.45) is 8.72. The monoisotopic (exact) mass is 577 g/mol. The molecule has 0 bridgehead atoms. The van der Waals surface area contributed by atoms with Gasteiger partial charge in [0, 0.05) is 54.1 Å². The van der Waals surface area contributed by atoms with Gasteiger partial charge in [-0.15, -0.1) is 0 Å². The average Bonchev–Trinajstić information content (AvgIpc) is 3.63. The molecule has 220 valence electrons. The molecule has 3 N–H and O–H groups in total. The van der Waals surface area contributed by atoms with E-state index in [1.807, 2.05) is 36.4 Å². The molecule has 3 aliphatic rings. The van der Waals surface area contributed by atoms with Crippen molar-refractivity contribution >= 4 is 28.5 Å². The first kappa shape index (κ1) is 27.4. The summed E-state index contributed by atoms with van der Waals surface area (Å²) in [6, 6.07) is 13.8. The van der Waals surface area contributed by atoms with Crippen LogP contribution in [0.15, 0.2) is 67.6 Å². The molecule has 1 saturated carbocycles. The number of ether oxygens (including phenoxy) is 1. The van der Waals surface area contributed by atoms with Crippen molar-refractivity contribution in [2.75, 3.05) is 31.6 Å². The summed E-state index contributed by atoms with van der Waals surface area (Å²) in [4.78, 5) is 44.1. The normalized spacial score (nSPS) is 23.3. The van der Waals surface area contributed by atoms with E-state index in [0.29, 0.717) is 23.8 Å². The Morgan fingerprint density at radius 2 is 2.05 bits per heavy atom. The van der Waals surface area contributed by atoms with Gasteiger partial charge in [-0.1, -0.05) is 18.7 Å². The maximum absolute atomic E-state index is 13.1. The van der Waals surface area contributed by atoms with Gasteiger partial charge < -0.3 is 20.4 Å². The number of hydrogen-bond donors (Lipinski definition) is 3. The van der Waals surface area contributed by atoms with Crippen LogP contribution < -0.4 is 10.6 Å². The number of likely N-dealkylation sites (tertiary alicyclic amines) is 1. The molecule has 1 aromatic carbocycles. The molecule has 2 saturated heterocycles. The summed E-state index contributed by atoms with van der Waals surface area (Å²) < 4.78 is 5.68. The number of nitrogens with one attached hydrogen (secondary N) is 3. The van der Waals surface area contributed by atoms with Crippen LogP contribution in [-0.2, 0) is 21.5 Å². The predicted octanol–water partition coefficient (Wildman–Crippen LogP) is 4.22. The smallest absolute Gasteiger partial charge is 0.274 e. The van der Waals surface area contributed by atoms with Crippen LogP contribution in [0.1, 0.15) is 47.4 Å². The fourth-order valence-corrected chi connectivity index (χ4v) is 6.75. The van der Waals surface area contributed by atoms with E-state index in [0.717, 1.165) is 85.5 Å². The minimum absolute atomic E-state index is 0.100. The first-order chi connectivity index (χ1) is 21.0. The van der Waals surface area contributed by atoms with Crippen molar-refractivity contribution < 1.29 is 14.3 Å². The van der Waals surface area contributed by atoms with Crippen molar-refractivity contribution in [1.29, 1.82) is 0 Å². The second-order valence-electron chi connectivity index (χ2n) is 11.9. The molecule has 1 aliphatic carbocycles. The van der Waals surface area contributed by atoms with E-state index in [2.05, 4.69) is 43.1 Å². The number of H-pyrrole nitrogens is 1. The van der Waals surface area contributed by atoms with E-state index in [9.17, 15) is 9.59 Å². The van der Waals surface area contributed by atoms with Gasteiger partial charge in [-0.3, -0.25) is 19.5 Å². The summed E-state index contributed by atoms with van der Waals surface area (Å²) in [7, 11) is 0. The Bertz CT molecular complexity index is 1680. The van der Waals surface area contributed by atoms with Crippen LogP contribution in [0.3, 0.4) is 0 Å². The zero-order valence-electron chi connectivity index (χ0n) is 24.0. The van der Waals surface area contributed by atoms with Crippen LogP contribution in [0.25, 0.3) is 22.3 Å². The van der Waals surface area contributed by atoms with Gasteiger partial charge in [0.15, 0.2) is 0 Å². The quantitative estimate of drug-likeness (QED) is 0.268. The van der Waals surface area contributed by atoms with Crippen LogP contribution in [0, 0.1) is 5.92 Å². The number of pyridine rings is 1. The van der Waals surface area contributed by atoms with Crippen molar-refractivity contribution in [3.05, 3.63) is 84.6 Å². The molecule has 0 radical (unpaired) electrons. The highest BCUT2D eigenvalue weighted by atomic mass is 16.5. The van der Waals surface area contributed by atoms with Crippen molar-refractivity contribution in [2.45, 2.75) is 43.7 Å². The summed E-state index contributed by atoms with van der Waals surface area (Å²) in [6.45, 7) is 7.51. The van der Waals surface area contributed by atoms with E-state index in [4.69, 9.17) is 9.72 Å². The van der Waals surface area contributed by atoms with Crippen LogP contribution in [-0.4, -0.2) is 69.0 Å². The topological polar surface area (TPSA) is 125 Å². The highest BCUT2D eigenvalue weighted by Gasteiger charge is 2.58. The minimum atomic E-state index is -0.260. The van der Waals surface area contributed by atoms with Crippen molar-refractivity contribution in [2.24, 2.45) is 5.92 Å². The average molecular weight is 578 g/mol. The number of carbonyl (C=O) groups is 2. The first-order valence-corrected chi connectivity index (χ1v) is 14.9. The van der Waals surface area contributed by atoms with Crippen LogP contribution >= 0.6 is 0 Å². The van der Waals surface area contributed by atoms with Crippen LogP contribution in [0.4, 0.5) is 5.69 Å². The number of anilines is 1. The van der Waals surface area contributed by atoms with Gasteiger partial charge in [-0.25, -0.2) is 9.97 Å². The second-order valence-corrected chi connectivity index (χ2v) is 11.9. The van der Waals surface area contributed by atoms with Gasteiger partial charge in [0.05, 0.1) is 12.3 Å². The van der Waals surface area contributed by atoms with Crippen LogP contribution in [0.5, 0.6) is 0 Å². The number of aromatic nitrogens is 4. The number of benzene rings is 1. The van der Waals surface area contributed by atoms with Gasteiger partial charge in [0.1, 0.15) is 17.7 Å². The van der Waals surface area contributed by atoms with Crippen LogP contribution in [0.2, 0.25) is 0 Å². The molecule has 3 aromatic heterocycles. The number of piperidine rings is 1. The molecule has 10 heteroatoms. The highest BCUT2D eigenvalue weighted by molar-refractivity contribution is 6.03. The standard InChI is InChI=1S/C33H35N7O3/c1-2-29(41)37-25-4-3-12-40(18-25)17-21-9-11-34-28(14-21)32(42)38-24-7-5-22(6-8-24)27-15-26-30(35-20-36-31(26)39-27)33-10-13-43-19-23(33)16-33/h2,5-9,11,14-15,20,23,25H,1,3-4,10,12-13,16-19H2,(H,37,41)(H,38,42)(H,35,36,39)/t23-,25?,33+/m1/s1. The lowest BCUT2D eigenvalue weighted by Crippen LogP contribution is -2.46. The largest absolute Gasteiger partial charge is 0.381 e. The fraction of sp³-hybridized carbons (Fsp3) is 0.364. The molecule has 10 nitrogen and oxygen atoms in total. The lowest BCUT2D eigenvalue weighted by atomic mass is 9.91. The highest BCUT2D eigenvalue weighted by Crippen LogP contribution is 2.59. The van der Waals surface area contributed by atoms with Gasteiger partial charge >= 0.3 is 0 Å². The predicted molar refractivity (Wildman–Crippen MR) is 163 cm³/mol. The Balaban J connectivity index is 1.01. The SMILES string of the molecule is C=CC(=O)NC1CCCN(Cc2ccnc(C(=O)Nc3ccc(-c4cc5c([C@]67CCOC[C@H]6C7)ncnc5[nH]4)cc3)c2)C1. The molecule has 0 spiro atoms. The molecule has 3 atom stereocenters. The molecular formula is C33H35N7O3. The number of rotatable bonds is 8. The molecular weight excluding hydrogens is 542 g/mol. The van der Waals surface area contributed by atoms with Crippen molar-refractivity contribution in [1.82, 2.24) is 30.2 Å². The number of aromatic amines is 1. The van der Waals surface area contributed by atoms with Gasteiger partial charge in [-0.2, -0.15) is 0 Å². The Morgan fingerprint density at radius 1 is 1.16 bits per heavy atom. The van der Waals surface area contributed by atoms with E-state index in [-0.39, 0.29) is 23.3 Å². The maximum Gasteiger partial charge on any atom is 0.274 e. The van der Waals surface area contributed by atoms with Gasteiger partial charge in [0.25, 0.3) is 5.91 Å². The zero-order chi connectivity index (χ0) is 29.4. The van der Waals surface area contributed by atoms with E-state index < -0.39 is 0 Å². The third-order valence-electron chi connectivity index (χ3n) is 9.10. The second kappa shape index (κ2) is 11.3. The molecule has 43 heavy (non-hydrogen) atoms. The lowest BCUT2D eigenvalue weighted by Gasteiger charge is -2.33. The Labute approximate surface area is 250 Å². The molecule has 7 rings (SSSR count). The third kappa shape index (κ3) is 5.55. The number of nitrogens with zero attached hydrogens (tertiary/aromatic N) is 4. The van der Waals surface area contributed by atoms with Gasteiger partial charge in [0.2, 0.25) is 5.91 Å². The molecule has 2 aliphatic heterocycles. The minimum Gasteiger partial charge on any atom is -0.381 e. The van der Waals surface area contributed by atoms with Crippen molar-refractivity contribution in [3.63, 3.8) is 0 Å². The number of amides is 2. The third-order valence-corrected chi connectivity index (χ3v) is 9.10. The molecule has 2 amide bonds. The Hall–Kier alpha value is -4.41. The molecule has 5 heterocycles. The summed E-state index contributed by atoms with van der Waals surface area (Å²) >= 11 is 0. The summed E-state index contributed by atoms with van der Waals surface area (Å²) in [5.41, 5.74) is 6.13. The molecule has 1 unspecified atom stereocenters. The van der Waals surface area contributed by atoms with Crippen molar-refractivity contribution in [3.8, 4) is 11.3 Å². The number of carbonyl (C=O) groups excluding carboxylic acids is 2. The summed E-state index contributed by atoms with van der Waals surface area (Å²) in [5.74, 6) is 0.142. The zero-order valence-corrected chi connectivity index (χ0v) is 24.0. The maximum atomic E-state index is 13.1. The Morgan fingerprint density at radius 3 is 2.88 bits per heavy atom. The molecule has 4 aromatic rings. The first-order valence-electron chi connectivity index (χ1n) is 14.9. The van der Waals surface area contributed by atoms with E-state index >= 15 is 0 Å². The van der Waals surface area contributed by atoms with E-state index in [1.54, 1.807) is 12.5 Å². The number of fused-ring (bicyclic) bond motifs is 2. The lowest BCUT2D eigenvalue weighted by molar-refractivity contribution is -0.117. The summed E-state index contributed by atoms with van der Waals surface area (Å²) in [5, 5.41) is 7.05.